The van der Waals surface area contributed by atoms with Gasteiger partial charge in [-0.15, -0.1) is 0 Å². The molecule has 178 valence electrons. The number of halogens is 2. The van der Waals surface area contributed by atoms with E-state index in [2.05, 4.69) is 15.3 Å². The van der Waals surface area contributed by atoms with Gasteiger partial charge in [-0.05, 0) is 30.3 Å². The summed E-state index contributed by atoms with van der Waals surface area (Å²) in [6.45, 7) is 0.0702. The molecule has 3 rings (SSSR count). The number of imidazole rings is 1. The highest BCUT2D eigenvalue weighted by molar-refractivity contribution is 6.39. The SMILES string of the molecule is NC(N)=Nc1ccc2ncn(CCC(=O)NC[C@H](CC(=O)c3c(Cl)cccc3Cl)C(=O)O)c2c1. The van der Waals surface area contributed by atoms with Crippen LogP contribution >= 0.6 is 23.2 Å². The second kappa shape index (κ2) is 11.0. The number of aromatic nitrogens is 2. The van der Waals surface area contributed by atoms with E-state index < -0.39 is 17.7 Å². The number of carbonyl (C=O) groups is 3. The van der Waals surface area contributed by atoms with Crippen LogP contribution in [0.2, 0.25) is 10.0 Å². The zero-order chi connectivity index (χ0) is 24.8. The van der Waals surface area contributed by atoms with Gasteiger partial charge in [0.2, 0.25) is 5.91 Å². The molecule has 0 unspecified atom stereocenters. The van der Waals surface area contributed by atoms with Gasteiger partial charge in [0.05, 0.1) is 44.6 Å². The first kappa shape index (κ1) is 25.0. The van der Waals surface area contributed by atoms with Crippen LogP contribution in [0.4, 0.5) is 5.69 Å². The maximum atomic E-state index is 12.6. The molecule has 2 aromatic carbocycles. The van der Waals surface area contributed by atoms with Crippen LogP contribution in [0.5, 0.6) is 0 Å². The number of ketones is 1. The van der Waals surface area contributed by atoms with E-state index in [0.29, 0.717) is 17.7 Å². The number of nitrogens with one attached hydrogen (secondary N) is 1. The number of rotatable bonds is 10. The Morgan fingerprint density at radius 1 is 1.15 bits per heavy atom. The molecule has 0 fully saturated rings. The van der Waals surface area contributed by atoms with E-state index in [4.69, 9.17) is 34.7 Å². The summed E-state index contributed by atoms with van der Waals surface area (Å²) in [5.74, 6) is -3.33. The summed E-state index contributed by atoms with van der Waals surface area (Å²) in [5, 5.41) is 12.3. The fraction of sp³-hybridized carbons (Fsp3) is 0.227. The first-order chi connectivity index (χ1) is 16.2. The van der Waals surface area contributed by atoms with Gasteiger partial charge < -0.3 is 26.5 Å². The number of amides is 1. The number of aliphatic imine (C=N–C) groups is 1. The van der Waals surface area contributed by atoms with Gasteiger partial charge in [-0.1, -0.05) is 29.3 Å². The largest absolute Gasteiger partial charge is 0.481 e. The first-order valence-electron chi connectivity index (χ1n) is 10.2. The minimum absolute atomic E-state index is 0.0641. The number of nitrogens with zero attached hydrogens (tertiary/aromatic N) is 3. The number of carbonyl (C=O) groups excluding carboxylic acids is 2. The Bertz CT molecular complexity index is 1250. The van der Waals surface area contributed by atoms with Crippen molar-refractivity contribution in [1.82, 2.24) is 14.9 Å². The van der Waals surface area contributed by atoms with Crippen molar-refractivity contribution in [3.63, 3.8) is 0 Å². The van der Waals surface area contributed by atoms with Gasteiger partial charge in [-0.2, -0.15) is 0 Å². The molecule has 1 amide bonds. The Morgan fingerprint density at radius 2 is 1.85 bits per heavy atom. The van der Waals surface area contributed by atoms with E-state index in [-0.39, 0.29) is 46.9 Å². The van der Waals surface area contributed by atoms with Crippen LogP contribution in [-0.4, -0.2) is 44.8 Å². The highest BCUT2D eigenvalue weighted by Gasteiger charge is 2.25. The van der Waals surface area contributed by atoms with Gasteiger partial charge in [-0.3, -0.25) is 14.4 Å². The number of hydrogen-bond acceptors (Lipinski definition) is 5. The normalized spacial score (nSPS) is 11.7. The lowest BCUT2D eigenvalue weighted by molar-refractivity contribution is -0.141. The highest BCUT2D eigenvalue weighted by Crippen LogP contribution is 2.27. The Hall–Kier alpha value is -3.63. The summed E-state index contributed by atoms with van der Waals surface area (Å²) in [6, 6.07) is 9.80. The fourth-order valence-electron chi connectivity index (χ4n) is 3.33. The molecule has 6 N–H and O–H groups in total. The van der Waals surface area contributed by atoms with Crippen LogP contribution in [0.1, 0.15) is 23.2 Å². The number of aryl methyl sites for hydroxylation is 1. The lowest BCUT2D eigenvalue weighted by Gasteiger charge is -2.14. The molecule has 0 aliphatic heterocycles. The number of Topliss-reactive ketones (excluding diaryl/α,β-unsaturated/α-hetero) is 1. The number of fused-ring (bicyclic) bond motifs is 1. The van der Waals surface area contributed by atoms with Crippen molar-refractivity contribution in [1.29, 1.82) is 0 Å². The van der Waals surface area contributed by atoms with Gasteiger partial charge >= 0.3 is 5.97 Å². The molecule has 0 saturated heterocycles. The summed E-state index contributed by atoms with van der Waals surface area (Å²) < 4.78 is 1.76. The van der Waals surface area contributed by atoms with Crippen molar-refractivity contribution in [2.75, 3.05) is 6.54 Å². The number of guanidine groups is 1. The van der Waals surface area contributed by atoms with Crippen LogP contribution < -0.4 is 16.8 Å². The van der Waals surface area contributed by atoms with Gasteiger partial charge in [0.15, 0.2) is 11.7 Å². The molecule has 1 atom stereocenters. The van der Waals surface area contributed by atoms with Crippen molar-refractivity contribution in [3.8, 4) is 0 Å². The summed E-state index contributed by atoms with van der Waals surface area (Å²) in [4.78, 5) is 44.8. The second-order valence-electron chi connectivity index (χ2n) is 7.46. The smallest absolute Gasteiger partial charge is 0.308 e. The summed E-state index contributed by atoms with van der Waals surface area (Å²) in [7, 11) is 0. The number of benzene rings is 2. The quantitative estimate of drug-likeness (QED) is 0.187. The van der Waals surface area contributed by atoms with Gasteiger partial charge in [0, 0.05) is 25.9 Å². The Labute approximate surface area is 204 Å². The Balaban J connectivity index is 1.59. The van der Waals surface area contributed by atoms with Crippen LogP contribution in [-0.2, 0) is 16.1 Å². The third-order valence-electron chi connectivity index (χ3n) is 5.01. The summed E-state index contributed by atoms with van der Waals surface area (Å²) in [6.07, 6.45) is 1.29. The topological polar surface area (TPSA) is 166 Å². The predicted molar refractivity (Wildman–Crippen MR) is 129 cm³/mol. The molecule has 12 heteroatoms. The van der Waals surface area contributed by atoms with E-state index in [1.54, 1.807) is 35.2 Å². The molecule has 0 aliphatic carbocycles. The molecule has 0 saturated carbocycles. The lowest BCUT2D eigenvalue weighted by Crippen LogP contribution is -2.34. The van der Waals surface area contributed by atoms with Crippen molar-refractivity contribution >= 4 is 63.5 Å². The van der Waals surface area contributed by atoms with E-state index in [9.17, 15) is 19.5 Å². The number of nitrogens with two attached hydrogens (primary N) is 2. The molecule has 0 bridgehead atoms. The molecule has 0 aliphatic rings. The Kier molecular flexibility index (Phi) is 8.08. The zero-order valence-electron chi connectivity index (χ0n) is 17.9. The van der Waals surface area contributed by atoms with Crippen molar-refractivity contribution in [2.24, 2.45) is 22.4 Å². The monoisotopic (exact) mass is 504 g/mol. The van der Waals surface area contributed by atoms with Crippen LogP contribution in [0, 0.1) is 5.92 Å². The minimum atomic E-state index is -1.22. The van der Waals surface area contributed by atoms with Gasteiger partial charge in [0.1, 0.15) is 0 Å². The van der Waals surface area contributed by atoms with Crippen LogP contribution in [0.15, 0.2) is 47.7 Å². The minimum Gasteiger partial charge on any atom is -0.481 e. The van der Waals surface area contributed by atoms with Crippen molar-refractivity contribution < 1.29 is 19.5 Å². The predicted octanol–water partition coefficient (Wildman–Crippen LogP) is 2.73. The molecule has 34 heavy (non-hydrogen) atoms. The zero-order valence-corrected chi connectivity index (χ0v) is 19.4. The maximum absolute atomic E-state index is 12.6. The van der Waals surface area contributed by atoms with Crippen LogP contribution in [0.25, 0.3) is 11.0 Å². The standard InChI is InChI=1S/C22H22Cl2N6O4/c23-14-2-1-3-15(24)20(14)18(31)8-12(21(33)34)10-27-19(32)6-7-30-11-28-16-5-4-13(9-17(16)30)29-22(25)26/h1-5,9,11-12H,6-8,10H2,(H,27,32)(H,33,34)(H4,25,26,29)/t12-/m0/s1. The van der Waals surface area contributed by atoms with Crippen molar-refractivity contribution in [3.05, 3.63) is 58.3 Å². The average Bonchev–Trinajstić information content (AvgIpc) is 3.16. The highest BCUT2D eigenvalue weighted by atomic mass is 35.5. The number of carboxylic acid groups (broad SMARTS) is 1. The maximum Gasteiger partial charge on any atom is 0.308 e. The van der Waals surface area contributed by atoms with E-state index in [0.717, 1.165) is 5.52 Å². The van der Waals surface area contributed by atoms with Gasteiger partial charge in [-0.25, -0.2) is 9.98 Å². The molecule has 0 radical (unpaired) electrons. The molecule has 1 heterocycles. The van der Waals surface area contributed by atoms with E-state index in [1.807, 2.05) is 0 Å². The molecule has 10 nitrogen and oxygen atoms in total. The number of aliphatic carboxylic acids is 1. The second-order valence-corrected chi connectivity index (χ2v) is 8.28. The fourth-order valence-corrected chi connectivity index (χ4v) is 3.93. The third kappa shape index (κ3) is 6.24. The Morgan fingerprint density at radius 3 is 2.50 bits per heavy atom. The third-order valence-corrected chi connectivity index (χ3v) is 5.64. The summed E-state index contributed by atoms with van der Waals surface area (Å²) >= 11 is 12.1. The van der Waals surface area contributed by atoms with Gasteiger partial charge in [0.25, 0.3) is 0 Å². The van der Waals surface area contributed by atoms with E-state index >= 15 is 0 Å². The molecule has 3 aromatic rings. The molecule has 0 spiro atoms. The number of hydrogen-bond donors (Lipinski definition) is 4. The first-order valence-corrected chi connectivity index (χ1v) is 10.9. The molecular formula is C22H22Cl2N6O4. The molecule has 1 aromatic heterocycles. The number of carboxylic acids is 1. The lowest BCUT2D eigenvalue weighted by atomic mass is 9.98. The molecular weight excluding hydrogens is 483 g/mol. The van der Waals surface area contributed by atoms with Crippen molar-refractivity contribution in [2.45, 2.75) is 19.4 Å². The summed E-state index contributed by atoms with van der Waals surface area (Å²) in [5.41, 5.74) is 12.9. The van der Waals surface area contributed by atoms with E-state index in [1.165, 1.54) is 12.1 Å². The van der Waals surface area contributed by atoms with Crippen LogP contribution in [0.3, 0.4) is 0 Å². The average molecular weight is 505 g/mol.